The molecule has 142 valence electrons. The van der Waals surface area contributed by atoms with Crippen molar-refractivity contribution in [2.75, 3.05) is 18.0 Å². The summed E-state index contributed by atoms with van der Waals surface area (Å²) in [5.74, 6) is 0.831. The zero-order chi connectivity index (χ0) is 18.9. The number of nitrogens with zero attached hydrogens (tertiary/aromatic N) is 1. The molecule has 2 aliphatic rings. The average Bonchev–Trinajstić information content (AvgIpc) is 2.68. The maximum Gasteiger partial charge on any atom is 0.251 e. The number of fused-ring (bicyclic) bond motifs is 1. The minimum atomic E-state index is -0.301. The molecule has 0 aromatic heterocycles. The van der Waals surface area contributed by atoms with Crippen molar-refractivity contribution in [3.63, 3.8) is 0 Å². The number of para-hydroxylation sites is 1. The number of anilines is 1. The van der Waals surface area contributed by atoms with E-state index in [1.54, 1.807) is 0 Å². The van der Waals surface area contributed by atoms with Crippen LogP contribution in [0.25, 0.3) is 0 Å². The molecule has 0 aliphatic carbocycles. The molecule has 1 amide bonds. The Morgan fingerprint density at radius 3 is 2.48 bits per heavy atom. The number of benzene rings is 2. The second-order valence-electron chi connectivity index (χ2n) is 8.22. The molecule has 2 aromatic rings. The van der Waals surface area contributed by atoms with Gasteiger partial charge in [-0.1, -0.05) is 18.2 Å². The predicted octanol–water partition coefficient (Wildman–Crippen LogP) is 4.71. The van der Waals surface area contributed by atoms with Crippen molar-refractivity contribution in [1.29, 1.82) is 0 Å². The van der Waals surface area contributed by atoms with E-state index < -0.39 is 0 Å². The molecule has 2 aromatic carbocycles. The third-order valence-electron chi connectivity index (χ3n) is 5.53. The monoisotopic (exact) mass is 364 g/mol. The van der Waals surface area contributed by atoms with Crippen LogP contribution in [0.3, 0.4) is 0 Å². The van der Waals surface area contributed by atoms with Crippen molar-refractivity contribution in [2.45, 2.75) is 51.2 Å². The smallest absolute Gasteiger partial charge is 0.251 e. The molecule has 1 saturated heterocycles. The molecule has 0 radical (unpaired) electrons. The number of hydrogen-bond donors (Lipinski definition) is 1. The van der Waals surface area contributed by atoms with Gasteiger partial charge in [-0.3, -0.25) is 4.79 Å². The Labute approximate surface area is 161 Å². The van der Waals surface area contributed by atoms with Gasteiger partial charge >= 0.3 is 0 Å². The number of piperidine rings is 1. The Kier molecular flexibility index (Phi) is 4.81. The van der Waals surface area contributed by atoms with E-state index in [1.807, 2.05) is 36.4 Å². The van der Waals surface area contributed by atoms with Gasteiger partial charge in [0, 0.05) is 36.3 Å². The van der Waals surface area contributed by atoms with Crippen molar-refractivity contribution in [3.8, 4) is 5.75 Å². The van der Waals surface area contributed by atoms with Crippen molar-refractivity contribution in [1.82, 2.24) is 5.32 Å². The number of ether oxygens (including phenoxy) is 1. The van der Waals surface area contributed by atoms with Gasteiger partial charge in [0.25, 0.3) is 5.91 Å². The first kappa shape index (κ1) is 17.9. The van der Waals surface area contributed by atoms with Crippen LogP contribution < -0.4 is 15.0 Å². The summed E-state index contributed by atoms with van der Waals surface area (Å²) in [7, 11) is 0. The predicted molar refractivity (Wildman–Crippen MR) is 108 cm³/mol. The van der Waals surface area contributed by atoms with Crippen LogP contribution in [0.2, 0.25) is 0 Å². The molecule has 0 saturated carbocycles. The van der Waals surface area contributed by atoms with Gasteiger partial charge in [-0.2, -0.15) is 0 Å². The first-order valence-corrected chi connectivity index (χ1v) is 9.96. The number of hydrogen-bond acceptors (Lipinski definition) is 3. The molecule has 1 N–H and O–H groups in total. The summed E-state index contributed by atoms with van der Waals surface area (Å²) in [4.78, 5) is 15.3. The summed E-state index contributed by atoms with van der Waals surface area (Å²) in [6, 6.07) is 16.0. The lowest BCUT2D eigenvalue weighted by molar-refractivity contribution is 0.0620. The van der Waals surface area contributed by atoms with Crippen LogP contribution in [0.15, 0.2) is 48.5 Å². The highest BCUT2D eigenvalue weighted by Crippen LogP contribution is 2.39. The number of carbonyl (C=O) groups excluding carboxylic acids is 1. The number of nitrogens with one attached hydrogen (secondary N) is 1. The van der Waals surface area contributed by atoms with Gasteiger partial charge in [-0.15, -0.1) is 0 Å². The van der Waals surface area contributed by atoms with E-state index in [9.17, 15) is 4.79 Å². The van der Waals surface area contributed by atoms with E-state index in [-0.39, 0.29) is 17.6 Å². The fourth-order valence-electron chi connectivity index (χ4n) is 4.15. The summed E-state index contributed by atoms with van der Waals surface area (Å²) < 4.78 is 6.06. The molecule has 1 atom stereocenters. The summed E-state index contributed by atoms with van der Waals surface area (Å²) in [6.45, 7) is 6.35. The molecule has 2 heterocycles. The van der Waals surface area contributed by atoms with Crippen LogP contribution in [0.1, 0.15) is 61.5 Å². The van der Waals surface area contributed by atoms with Crippen LogP contribution in [0.4, 0.5) is 5.69 Å². The van der Waals surface area contributed by atoms with Gasteiger partial charge in [0.1, 0.15) is 11.4 Å². The Morgan fingerprint density at radius 2 is 1.74 bits per heavy atom. The summed E-state index contributed by atoms with van der Waals surface area (Å²) in [6.07, 6.45) is 4.57. The Balaban J connectivity index is 1.49. The first-order valence-electron chi connectivity index (χ1n) is 9.96. The van der Waals surface area contributed by atoms with Crippen LogP contribution in [-0.4, -0.2) is 24.6 Å². The molecule has 4 rings (SSSR count). The molecule has 0 spiro atoms. The fraction of sp³-hybridized carbons (Fsp3) is 0.435. The van der Waals surface area contributed by atoms with Crippen LogP contribution in [0.5, 0.6) is 5.75 Å². The van der Waals surface area contributed by atoms with Gasteiger partial charge in [-0.25, -0.2) is 0 Å². The second kappa shape index (κ2) is 7.26. The van der Waals surface area contributed by atoms with Crippen LogP contribution in [0, 0.1) is 0 Å². The molecule has 2 aliphatic heterocycles. The molecular formula is C23H28N2O2. The summed E-state index contributed by atoms with van der Waals surface area (Å²) >= 11 is 0. The SMILES string of the molecule is CC1(C)C[C@H](NC(=O)c2ccc(N3CCCCC3)cc2)c2ccccc2O1. The first-order chi connectivity index (χ1) is 13.0. The van der Waals surface area contributed by atoms with Crippen LogP contribution in [-0.2, 0) is 0 Å². The van der Waals surface area contributed by atoms with E-state index in [0.717, 1.165) is 30.8 Å². The van der Waals surface area contributed by atoms with Crippen LogP contribution >= 0.6 is 0 Å². The average molecular weight is 364 g/mol. The highest BCUT2D eigenvalue weighted by atomic mass is 16.5. The van der Waals surface area contributed by atoms with Gasteiger partial charge in [0.2, 0.25) is 0 Å². The van der Waals surface area contributed by atoms with E-state index >= 15 is 0 Å². The normalized spacial score (nSPS) is 21.1. The number of amides is 1. The molecule has 27 heavy (non-hydrogen) atoms. The fourth-order valence-corrected chi connectivity index (χ4v) is 4.15. The Morgan fingerprint density at radius 1 is 1.04 bits per heavy atom. The van der Waals surface area contributed by atoms with Gasteiger partial charge < -0.3 is 15.0 Å². The van der Waals surface area contributed by atoms with Gasteiger partial charge in [0.15, 0.2) is 0 Å². The molecule has 1 fully saturated rings. The van der Waals surface area contributed by atoms with Crippen molar-refractivity contribution >= 4 is 11.6 Å². The maximum atomic E-state index is 12.9. The molecular weight excluding hydrogens is 336 g/mol. The van der Waals surface area contributed by atoms with Crippen molar-refractivity contribution in [2.24, 2.45) is 0 Å². The highest BCUT2D eigenvalue weighted by Gasteiger charge is 2.34. The van der Waals surface area contributed by atoms with E-state index in [4.69, 9.17) is 4.74 Å². The lowest BCUT2D eigenvalue weighted by Crippen LogP contribution is -2.41. The molecule has 0 bridgehead atoms. The summed E-state index contributed by atoms with van der Waals surface area (Å²) in [5, 5.41) is 3.21. The van der Waals surface area contributed by atoms with Crippen molar-refractivity contribution < 1.29 is 9.53 Å². The number of carbonyl (C=O) groups is 1. The third kappa shape index (κ3) is 3.95. The molecule has 0 unspecified atom stereocenters. The zero-order valence-electron chi connectivity index (χ0n) is 16.2. The zero-order valence-corrected chi connectivity index (χ0v) is 16.2. The number of rotatable bonds is 3. The largest absolute Gasteiger partial charge is 0.487 e. The molecule has 4 nitrogen and oxygen atoms in total. The maximum absolute atomic E-state index is 12.9. The van der Waals surface area contributed by atoms with Gasteiger partial charge in [0.05, 0.1) is 6.04 Å². The van der Waals surface area contributed by atoms with Crippen molar-refractivity contribution in [3.05, 3.63) is 59.7 Å². The Bertz CT molecular complexity index is 807. The topological polar surface area (TPSA) is 41.6 Å². The standard InChI is InChI=1S/C23H28N2O2/c1-23(2)16-20(19-8-4-5-9-21(19)27-23)24-22(26)17-10-12-18(13-11-17)25-14-6-3-7-15-25/h4-5,8-13,20H,3,6-7,14-16H2,1-2H3,(H,24,26)/t20-/m0/s1. The van der Waals surface area contributed by atoms with E-state index in [0.29, 0.717) is 5.56 Å². The Hall–Kier alpha value is -2.49. The minimum Gasteiger partial charge on any atom is -0.487 e. The lowest BCUT2D eigenvalue weighted by atomic mass is 9.89. The van der Waals surface area contributed by atoms with E-state index in [1.165, 1.54) is 24.9 Å². The van der Waals surface area contributed by atoms with E-state index in [2.05, 4.69) is 36.2 Å². The van der Waals surface area contributed by atoms with Gasteiger partial charge in [-0.05, 0) is 63.4 Å². The minimum absolute atomic E-state index is 0.0299. The second-order valence-corrected chi connectivity index (χ2v) is 8.22. The highest BCUT2D eigenvalue weighted by molar-refractivity contribution is 5.94. The quantitative estimate of drug-likeness (QED) is 0.858. The third-order valence-corrected chi connectivity index (χ3v) is 5.53. The summed E-state index contributed by atoms with van der Waals surface area (Å²) in [5.41, 5.74) is 2.67. The lowest BCUT2D eigenvalue weighted by Gasteiger charge is -2.37. The molecule has 4 heteroatoms.